The molecule has 4 aromatic rings. The molecule has 37 heavy (non-hydrogen) atoms. The molecule has 0 aliphatic heterocycles. The Bertz CT molecular complexity index is 1590. The maximum Gasteiger partial charge on any atom is 0.252 e. The van der Waals surface area contributed by atoms with Crippen LogP contribution in [0.1, 0.15) is 27.8 Å². The Hall–Kier alpha value is -3.62. The number of methoxy groups -OCH3 is 2. The molecule has 194 valence electrons. The SMILES string of the molecule is COc1ccc(CCN(Cc2cc3ccc(C)c(C)c3[nH]c2=O)S(=O)(=O)c2ccc(C)cc2)cc1OC. The lowest BCUT2D eigenvalue weighted by Gasteiger charge is -2.23. The van der Waals surface area contributed by atoms with E-state index in [9.17, 15) is 13.2 Å². The van der Waals surface area contributed by atoms with Crippen LogP contribution in [0.25, 0.3) is 10.9 Å². The van der Waals surface area contributed by atoms with Gasteiger partial charge in [0.2, 0.25) is 10.0 Å². The monoisotopic (exact) mass is 520 g/mol. The van der Waals surface area contributed by atoms with Crippen molar-refractivity contribution < 1.29 is 17.9 Å². The summed E-state index contributed by atoms with van der Waals surface area (Å²) in [5.74, 6) is 1.17. The Kier molecular flexibility index (Phi) is 7.71. The number of ether oxygens (including phenoxy) is 2. The van der Waals surface area contributed by atoms with Gasteiger partial charge in [0, 0.05) is 18.7 Å². The Morgan fingerprint density at radius 1 is 0.865 bits per heavy atom. The van der Waals surface area contributed by atoms with Crippen LogP contribution in [0.15, 0.2) is 70.4 Å². The topological polar surface area (TPSA) is 88.7 Å². The summed E-state index contributed by atoms with van der Waals surface area (Å²) < 4.78 is 39.5. The first-order valence-corrected chi connectivity index (χ1v) is 13.5. The maximum absolute atomic E-state index is 13.7. The fraction of sp³-hybridized carbons (Fsp3) is 0.276. The second kappa shape index (κ2) is 10.8. The van der Waals surface area contributed by atoms with E-state index in [-0.39, 0.29) is 23.5 Å². The van der Waals surface area contributed by atoms with Crippen molar-refractivity contribution in [1.82, 2.24) is 9.29 Å². The Morgan fingerprint density at radius 2 is 1.57 bits per heavy atom. The number of hydrogen-bond acceptors (Lipinski definition) is 5. The molecule has 1 N–H and O–H groups in total. The predicted octanol–water partition coefficient (Wildman–Crippen LogP) is 4.90. The first kappa shape index (κ1) is 26.4. The number of H-pyrrole nitrogens is 1. The number of benzene rings is 3. The van der Waals surface area contributed by atoms with Gasteiger partial charge in [-0.1, -0.05) is 35.9 Å². The molecule has 0 spiro atoms. The van der Waals surface area contributed by atoms with Crippen molar-refractivity contribution in [1.29, 1.82) is 0 Å². The summed E-state index contributed by atoms with van der Waals surface area (Å²) in [5.41, 5.74) is 4.79. The average molecular weight is 521 g/mol. The van der Waals surface area contributed by atoms with Gasteiger partial charge in [0.1, 0.15) is 0 Å². The third-order valence-electron chi connectivity index (χ3n) is 6.73. The number of aromatic amines is 1. The fourth-order valence-electron chi connectivity index (χ4n) is 4.31. The summed E-state index contributed by atoms with van der Waals surface area (Å²) in [4.78, 5) is 16.2. The maximum atomic E-state index is 13.7. The van der Waals surface area contributed by atoms with E-state index < -0.39 is 10.0 Å². The molecule has 0 aliphatic rings. The van der Waals surface area contributed by atoms with Gasteiger partial charge < -0.3 is 14.5 Å². The van der Waals surface area contributed by atoms with Crippen LogP contribution in [0.5, 0.6) is 11.5 Å². The number of pyridine rings is 1. The smallest absolute Gasteiger partial charge is 0.252 e. The predicted molar refractivity (Wildman–Crippen MR) is 146 cm³/mol. The van der Waals surface area contributed by atoms with E-state index in [1.165, 1.54) is 4.31 Å². The molecule has 3 aromatic carbocycles. The highest BCUT2D eigenvalue weighted by Crippen LogP contribution is 2.28. The van der Waals surface area contributed by atoms with E-state index >= 15 is 0 Å². The molecule has 0 aliphatic carbocycles. The molecule has 0 saturated heterocycles. The fourth-order valence-corrected chi connectivity index (χ4v) is 5.73. The summed E-state index contributed by atoms with van der Waals surface area (Å²) in [6.07, 6.45) is 0.426. The number of rotatable bonds is 9. The number of aryl methyl sites for hydroxylation is 3. The molecule has 1 heterocycles. The Morgan fingerprint density at radius 3 is 2.24 bits per heavy atom. The van der Waals surface area contributed by atoms with Crippen LogP contribution in [0, 0.1) is 20.8 Å². The summed E-state index contributed by atoms with van der Waals surface area (Å²) in [6, 6.07) is 18.0. The van der Waals surface area contributed by atoms with Crippen molar-refractivity contribution in [2.24, 2.45) is 0 Å². The Labute approximate surface area is 217 Å². The molecule has 8 heteroatoms. The summed E-state index contributed by atoms with van der Waals surface area (Å²) in [7, 11) is -0.748. The molecular weight excluding hydrogens is 488 g/mol. The molecule has 0 saturated carbocycles. The van der Waals surface area contributed by atoms with Crippen molar-refractivity contribution in [3.8, 4) is 11.5 Å². The molecule has 0 unspecified atom stereocenters. The van der Waals surface area contributed by atoms with Crippen molar-refractivity contribution in [3.63, 3.8) is 0 Å². The van der Waals surface area contributed by atoms with Crippen LogP contribution in [0.2, 0.25) is 0 Å². The van der Waals surface area contributed by atoms with Crippen LogP contribution in [0.3, 0.4) is 0 Å². The van der Waals surface area contributed by atoms with E-state index in [2.05, 4.69) is 4.98 Å². The summed E-state index contributed by atoms with van der Waals surface area (Å²) >= 11 is 0. The van der Waals surface area contributed by atoms with Gasteiger partial charge in [0.25, 0.3) is 5.56 Å². The van der Waals surface area contributed by atoms with Gasteiger partial charge in [0.05, 0.1) is 24.6 Å². The van der Waals surface area contributed by atoms with Gasteiger partial charge in [0.15, 0.2) is 11.5 Å². The van der Waals surface area contributed by atoms with E-state index in [1.54, 1.807) is 50.6 Å². The number of fused-ring (bicyclic) bond motifs is 1. The molecule has 0 atom stereocenters. The molecule has 4 rings (SSSR count). The molecule has 7 nitrogen and oxygen atoms in total. The highest BCUT2D eigenvalue weighted by Gasteiger charge is 2.26. The number of aromatic nitrogens is 1. The van der Waals surface area contributed by atoms with Crippen LogP contribution in [0.4, 0.5) is 0 Å². The number of nitrogens with zero attached hydrogens (tertiary/aromatic N) is 1. The molecule has 0 amide bonds. The first-order valence-electron chi connectivity index (χ1n) is 12.0. The molecular formula is C29H32N2O5S. The van der Waals surface area contributed by atoms with Crippen LogP contribution >= 0.6 is 0 Å². The minimum atomic E-state index is -3.87. The lowest BCUT2D eigenvalue weighted by Crippen LogP contribution is -2.34. The molecule has 1 aromatic heterocycles. The largest absolute Gasteiger partial charge is 0.493 e. The average Bonchev–Trinajstić information content (AvgIpc) is 2.89. The highest BCUT2D eigenvalue weighted by molar-refractivity contribution is 7.89. The van der Waals surface area contributed by atoms with Crippen molar-refractivity contribution in [2.45, 2.75) is 38.6 Å². The third-order valence-corrected chi connectivity index (χ3v) is 8.59. The van der Waals surface area contributed by atoms with Crippen molar-refractivity contribution in [2.75, 3.05) is 20.8 Å². The van der Waals surface area contributed by atoms with Crippen molar-refractivity contribution >= 4 is 20.9 Å². The van der Waals surface area contributed by atoms with E-state index in [0.717, 1.165) is 33.2 Å². The van der Waals surface area contributed by atoms with Gasteiger partial charge in [-0.25, -0.2) is 8.42 Å². The summed E-state index contributed by atoms with van der Waals surface area (Å²) in [5, 5.41) is 0.866. The molecule has 0 fully saturated rings. The van der Waals surface area contributed by atoms with Gasteiger partial charge in [-0.3, -0.25) is 4.79 Å². The zero-order valence-corrected chi connectivity index (χ0v) is 22.6. The molecule has 0 bridgehead atoms. The van der Waals surface area contributed by atoms with Gasteiger partial charge in [-0.15, -0.1) is 0 Å². The number of sulfonamides is 1. The number of hydrogen-bond donors (Lipinski definition) is 1. The van der Waals surface area contributed by atoms with Crippen LogP contribution in [-0.4, -0.2) is 38.5 Å². The van der Waals surface area contributed by atoms with E-state index in [0.29, 0.717) is 23.5 Å². The molecule has 0 radical (unpaired) electrons. The second-order valence-electron chi connectivity index (χ2n) is 9.19. The zero-order chi connectivity index (χ0) is 26.7. The lowest BCUT2D eigenvalue weighted by molar-refractivity contribution is 0.354. The normalized spacial score (nSPS) is 11.7. The van der Waals surface area contributed by atoms with Crippen LogP contribution in [-0.2, 0) is 23.0 Å². The number of nitrogens with one attached hydrogen (secondary N) is 1. The van der Waals surface area contributed by atoms with E-state index in [4.69, 9.17) is 9.47 Å². The quantitative estimate of drug-likeness (QED) is 0.339. The van der Waals surface area contributed by atoms with Gasteiger partial charge in [-0.2, -0.15) is 4.31 Å². The standard InChI is InChI=1S/C29H32N2O5S/c1-19-6-11-25(12-7-19)37(33,34)31(15-14-22-9-13-26(35-4)27(16-22)36-5)18-24-17-23-10-8-20(2)21(3)28(23)30-29(24)32/h6-13,16-17H,14-15,18H2,1-5H3,(H,30,32). The van der Waals surface area contributed by atoms with Crippen LogP contribution < -0.4 is 15.0 Å². The summed E-state index contributed by atoms with van der Waals surface area (Å²) in [6.45, 7) is 5.98. The highest BCUT2D eigenvalue weighted by atomic mass is 32.2. The van der Waals surface area contributed by atoms with Crippen molar-refractivity contribution in [3.05, 3.63) is 98.8 Å². The lowest BCUT2D eigenvalue weighted by atomic mass is 10.0. The minimum Gasteiger partial charge on any atom is -0.493 e. The third kappa shape index (κ3) is 5.55. The zero-order valence-electron chi connectivity index (χ0n) is 21.8. The minimum absolute atomic E-state index is 0.0539. The van der Waals surface area contributed by atoms with Gasteiger partial charge >= 0.3 is 0 Å². The van der Waals surface area contributed by atoms with Gasteiger partial charge in [-0.05, 0) is 79.6 Å². The second-order valence-corrected chi connectivity index (χ2v) is 11.1. The van der Waals surface area contributed by atoms with E-state index in [1.807, 2.05) is 45.0 Å². The first-order chi connectivity index (χ1) is 17.6. The Balaban J connectivity index is 1.72.